The average molecular weight is 262 g/mol. The normalized spacial score (nSPS) is 40.6. The number of carboxylic acids is 1. The standard InChI is InChI=1S/C11H18O3S2/c12-9(13)10(3-1-5-15-7-10)11(14)4-2-6-16-8-11/h14H,1-8H2,(H,12,13). The van der Waals surface area contributed by atoms with E-state index in [0.717, 1.165) is 24.3 Å². The van der Waals surface area contributed by atoms with Crippen LogP contribution in [-0.2, 0) is 4.79 Å². The van der Waals surface area contributed by atoms with Crippen LogP contribution in [-0.4, -0.2) is 44.8 Å². The van der Waals surface area contributed by atoms with Gasteiger partial charge in [-0.3, -0.25) is 4.79 Å². The molecule has 92 valence electrons. The SMILES string of the molecule is O=C(O)C1(C2(O)CCCSC2)CCCSC1. The molecule has 0 aromatic carbocycles. The molecule has 2 saturated heterocycles. The molecule has 0 amide bonds. The van der Waals surface area contributed by atoms with E-state index in [9.17, 15) is 15.0 Å². The second-order valence-electron chi connectivity index (χ2n) is 4.73. The molecule has 2 unspecified atom stereocenters. The number of rotatable bonds is 2. The zero-order chi connectivity index (χ0) is 11.6. The smallest absolute Gasteiger partial charge is 0.313 e. The monoisotopic (exact) mass is 262 g/mol. The van der Waals surface area contributed by atoms with Crippen LogP contribution in [0.4, 0.5) is 0 Å². The van der Waals surface area contributed by atoms with Gasteiger partial charge in [-0.25, -0.2) is 0 Å². The van der Waals surface area contributed by atoms with Crippen LogP contribution >= 0.6 is 23.5 Å². The van der Waals surface area contributed by atoms with Crippen molar-refractivity contribution in [3.8, 4) is 0 Å². The minimum atomic E-state index is -0.991. The van der Waals surface area contributed by atoms with Crippen LogP contribution in [0.2, 0.25) is 0 Å². The van der Waals surface area contributed by atoms with Crippen LogP contribution < -0.4 is 0 Å². The van der Waals surface area contributed by atoms with Crippen molar-refractivity contribution < 1.29 is 15.0 Å². The van der Waals surface area contributed by atoms with Crippen molar-refractivity contribution in [3.63, 3.8) is 0 Å². The summed E-state index contributed by atoms with van der Waals surface area (Å²) in [5.41, 5.74) is -1.89. The van der Waals surface area contributed by atoms with E-state index in [-0.39, 0.29) is 0 Å². The van der Waals surface area contributed by atoms with E-state index >= 15 is 0 Å². The molecule has 2 N–H and O–H groups in total. The Morgan fingerprint density at radius 3 is 2.12 bits per heavy atom. The molecule has 5 heteroatoms. The van der Waals surface area contributed by atoms with Gasteiger partial charge in [-0.15, -0.1) is 0 Å². The predicted octanol–water partition coefficient (Wildman–Crippen LogP) is 1.84. The molecule has 2 fully saturated rings. The van der Waals surface area contributed by atoms with Crippen molar-refractivity contribution >= 4 is 29.5 Å². The maximum absolute atomic E-state index is 11.6. The molecule has 2 aliphatic heterocycles. The third kappa shape index (κ3) is 1.97. The highest BCUT2D eigenvalue weighted by atomic mass is 32.2. The number of aliphatic carboxylic acids is 1. The lowest BCUT2D eigenvalue weighted by Crippen LogP contribution is -2.58. The minimum absolute atomic E-state index is 0.569. The van der Waals surface area contributed by atoms with E-state index in [1.54, 1.807) is 23.5 Å². The number of aliphatic hydroxyl groups is 1. The molecule has 0 aromatic rings. The van der Waals surface area contributed by atoms with Crippen molar-refractivity contribution in [1.29, 1.82) is 0 Å². The topological polar surface area (TPSA) is 57.5 Å². The van der Waals surface area contributed by atoms with Gasteiger partial charge in [0, 0.05) is 11.5 Å². The van der Waals surface area contributed by atoms with Gasteiger partial charge in [-0.05, 0) is 37.2 Å². The molecule has 16 heavy (non-hydrogen) atoms. The van der Waals surface area contributed by atoms with Gasteiger partial charge in [0.1, 0.15) is 5.41 Å². The third-order valence-corrected chi connectivity index (χ3v) is 6.29. The Morgan fingerprint density at radius 2 is 1.69 bits per heavy atom. The fraction of sp³-hybridized carbons (Fsp3) is 0.909. The Hall–Kier alpha value is 0.130. The molecule has 2 atom stereocenters. The molecule has 0 aromatic heterocycles. The zero-order valence-corrected chi connectivity index (χ0v) is 10.9. The van der Waals surface area contributed by atoms with Crippen molar-refractivity contribution in [2.24, 2.45) is 5.41 Å². The van der Waals surface area contributed by atoms with Gasteiger partial charge >= 0.3 is 5.97 Å². The molecule has 0 radical (unpaired) electrons. The number of carbonyl (C=O) groups is 1. The maximum Gasteiger partial charge on any atom is 0.313 e. The van der Waals surface area contributed by atoms with Crippen molar-refractivity contribution in [3.05, 3.63) is 0 Å². The first-order valence-electron chi connectivity index (χ1n) is 5.72. The molecule has 2 heterocycles. The third-order valence-electron chi connectivity index (χ3n) is 3.76. The van der Waals surface area contributed by atoms with Crippen LogP contribution in [0.3, 0.4) is 0 Å². The van der Waals surface area contributed by atoms with Crippen molar-refractivity contribution in [1.82, 2.24) is 0 Å². The Kier molecular flexibility index (Phi) is 3.76. The molecule has 2 aliphatic rings. The summed E-state index contributed by atoms with van der Waals surface area (Å²) in [6, 6.07) is 0. The molecule has 0 bridgehead atoms. The van der Waals surface area contributed by atoms with E-state index < -0.39 is 17.0 Å². The Bertz CT molecular complexity index is 268. The summed E-state index contributed by atoms with van der Waals surface area (Å²) >= 11 is 3.36. The first kappa shape index (κ1) is 12.6. The largest absolute Gasteiger partial charge is 0.481 e. The first-order valence-corrected chi connectivity index (χ1v) is 8.03. The lowest BCUT2D eigenvalue weighted by Gasteiger charge is -2.47. The summed E-state index contributed by atoms with van der Waals surface area (Å²) < 4.78 is 0. The number of carboxylic acid groups (broad SMARTS) is 1. The second kappa shape index (κ2) is 4.78. The van der Waals surface area contributed by atoms with Crippen LogP contribution in [0, 0.1) is 5.41 Å². The maximum atomic E-state index is 11.6. The summed E-state index contributed by atoms with van der Waals surface area (Å²) in [6.07, 6.45) is 3.12. The van der Waals surface area contributed by atoms with E-state index in [4.69, 9.17) is 0 Å². The summed E-state index contributed by atoms with van der Waals surface area (Å²) in [5.74, 6) is 2.42. The van der Waals surface area contributed by atoms with Crippen molar-refractivity contribution in [2.75, 3.05) is 23.0 Å². The van der Waals surface area contributed by atoms with Gasteiger partial charge in [-0.2, -0.15) is 23.5 Å². The fourth-order valence-corrected chi connectivity index (χ4v) is 5.32. The van der Waals surface area contributed by atoms with E-state index in [0.29, 0.717) is 24.3 Å². The van der Waals surface area contributed by atoms with Crippen LogP contribution in [0.5, 0.6) is 0 Å². The lowest BCUT2D eigenvalue weighted by atomic mass is 9.68. The minimum Gasteiger partial charge on any atom is -0.481 e. The fourth-order valence-electron chi connectivity index (χ4n) is 2.69. The molecule has 0 saturated carbocycles. The highest BCUT2D eigenvalue weighted by Crippen LogP contribution is 2.48. The van der Waals surface area contributed by atoms with E-state index in [1.165, 1.54) is 0 Å². The van der Waals surface area contributed by atoms with Gasteiger partial charge in [0.2, 0.25) is 0 Å². The molecule has 0 spiro atoms. The van der Waals surface area contributed by atoms with Crippen LogP contribution in [0.1, 0.15) is 25.7 Å². The zero-order valence-electron chi connectivity index (χ0n) is 9.28. The number of hydrogen-bond donors (Lipinski definition) is 2. The number of hydrogen-bond acceptors (Lipinski definition) is 4. The lowest BCUT2D eigenvalue weighted by molar-refractivity contribution is -0.166. The average Bonchev–Trinajstić information content (AvgIpc) is 2.30. The highest BCUT2D eigenvalue weighted by Gasteiger charge is 2.56. The molecule has 0 aliphatic carbocycles. The van der Waals surface area contributed by atoms with Gasteiger partial charge in [0.15, 0.2) is 0 Å². The van der Waals surface area contributed by atoms with E-state index in [2.05, 4.69) is 0 Å². The van der Waals surface area contributed by atoms with Gasteiger partial charge < -0.3 is 10.2 Å². The highest BCUT2D eigenvalue weighted by molar-refractivity contribution is 7.99. The molecule has 3 nitrogen and oxygen atoms in total. The van der Waals surface area contributed by atoms with Gasteiger partial charge in [-0.1, -0.05) is 0 Å². The summed E-state index contributed by atoms with van der Waals surface area (Å²) in [4.78, 5) is 11.6. The quantitative estimate of drug-likeness (QED) is 0.795. The van der Waals surface area contributed by atoms with Crippen LogP contribution in [0.25, 0.3) is 0 Å². The van der Waals surface area contributed by atoms with E-state index in [1.807, 2.05) is 0 Å². The summed E-state index contributed by atoms with van der Waals surface area (Å²) in [5, 5.41) is 20.2. The molecular weight excluding hydrogens is 244 g/mol. The summed E-state index contributed by atoms with van der Waals surface area (Å²) in [7, 11) is 0. The Morgan fingerprint density at radius 1 is 1.06 bits per heavy atom. The van der Waals surface area contributed by atoms with Crippen LogP contribution in [0.15, 0.2) is 0 Å². The number of thioether (sulfide) groups is 2. The molecular formula is C11H18O3S2. The second-order valence-corrected chi connectivity index (χ2v) is 6.94. The van der Waals surface area contributed by atoms with Gasteiger partial charge in [0.25, 0.3) is 0 Å². The predicted molar refractivity (Wildman–Crippen MR) is 68.1 cm³/mol. The van der Waals surface area contributed by atoms with Gasteiger partial charge in [0.05, 0.1) is 5.60 Å². The Balaban J connectivity index is 2.26. The van der Waals surface area contributed by atoms with Crippen molar-refractivity contribution in [2.45, 2.75) is 31.3 Å². The Labute approximate surface area is 104 Å². The summed E-state index contributed by atoms with van der Waals surface area (Å²) in [6.45, 7) is 0. The first-order chi connectivity index (χ1) is 7.61. The molecule has 2 rings (SSSR count).